The van der Waals surface area contributed by atoms with E-state index < -0.39 is 24.2 Å². The van der Waals surface area contributed by atoms with Gasteiger partial charge < -0.3 is 31.9 Å². The lowest BCUT2D eigenvalue weighted by Gasteiger charge is -2.33. The summed E-state index contributed by atoms with van der Waals surface area (Å²) in [4.78, 5) is 55.4. The van der Waals surface area contributed by atoms with Crippen LogP contribution in [0.1, 0.15) is 54.8 Å². The number of primary amides is 1. The smallest absolute Gasteiger partial charge is 0.312 e. The van der Waals surface area contributed by atoms with Crippen LogP contribution in [0.25, 0.3) is 0 Å². The second kappa shape index (κ2) is 15.5. The molecule has 10 heteroatoms. The first-order valence-corrected chi connectivity index (χ1v) is 16.1. The maximum absolute atomic E-state index is 14.5. The molecule has 0 bridgehead atoms. The number of benzene rings is 3. The Hall–Kier alpha value is -4.70. The Balaban J connectivity index is 1.38. The van der Waals surface area contributed by atoms with E-state index in [-0.39, 0.29) is 42.3 Å². The molecule has 6 N–H and O–H groups in total. The summed E-state index contributed by atoms with van der Waals surface area (Å²) < 4.78 is 0. The summed E-state index contributed by atoms with van der Waals surface area (Å²) >= 11 is 0. The number of fused-ring (bicyclic) bond motifs is 1. The SMILES string of the molecule is CN[C@H](Cc1ccccc1)C(=O)N[C@@H]1C(=O)N2[C@@H](CC[C@@H]1CCNC(N)=O)CC[C@H]2C(=O)NC(c1ccccc1)c1ccccc1. The average molecular weight is 625 g/mol. The lowest BCUT2D eigenvalue weighted by atomic mass is 9.90. The van der Waals surface area contributed by atoms with Gasteiger partial charge in [-0.15, -0.1) is 0 Å². The Morgan fingerprint density at radius 1 is 0.848 bits per heavy atom. The Morgan fingerprint density at radius 2 is 1.43 bits per heavy atom. The summed E-state index contributed by atoms with van der Waals surface area (Å²) in [5.41, 5.74) is 8.20. The monoisotopic (exact) mass is 624 g/mol. The van der Waals surface area contributed by atoms with Gasteiger partial charge >= 0.3 is 6.03 Å². The number of nitrogens with one attached hydrogen (secondary N) is 4. The van der Waals surface area contributed by atoms with E-state index in [1.54, 1.807) is 11.9 Å². The quantitative estimate of drug-likeness (QED) is 0.210. The zero-order chi connectivity index (χ0) is 32.5. The highest BCUT2D eigenvalue weighted by Gasteiger charge is 2.48. The van der Waals surface area contributed by atoms with E-state index in [2.05, 4.69) is 21.3 Å². The molecule has 0 aromatic heterocycles. The molecule has 3 aromatic carbocycles. The predicted molar refractivity (Wildman–Crippen MR) is 176 cm³/mol. The molecule has 0 spiro atoms. The van der Waals surface area contributed by atoms with Crippen LogP contribution in [0.15, 0.2) is 91.0 Å². The van der Waals surface area contributed by atoms with Crippen LogP contribution in [0.2, 0.25) is 0 Å². The molecule has 46 heavy (non-hydrogen) atoms. The Kier molecular flexibility index (Phi) is 11.0. The topological polar surface area (TPSA) is 146 Å². The van der Waals surface area contributed by atoms with E-state index in [0.717, 1.165) is 16.7 Å². The molecule has 2 heterocycles. The summed E-state index contributed by atoms with van der Waals surface area (Å²) in [6.45, 7) is 0.281. The van der Waals surface area contributed by atoms with Gasteiger partial charge in [-0.2, -0.15) is 0 Å². The molecule has 242 valence electrons. The van der Waals surface area contributed by atoms with Gasteiger partial charge in [0, 0.05) is 12.6 Å². The zero-order valence-electron chi connectivity index (χ0n) is 26.2. The molecule has 2 fully saturated rings. The first-order valence-electron chi connectivity index (χ1n) is 16.1. The Labute approximate surface area is 270 Å². The number of nitrogens with two attached hydrogens (primary N) is 1. The maximum atomic E-state index is 14.5. The number of rotatable bonds is 12. The van der Waals surface area contributed by atoms with Gasteiger partial charge in [0.15, 0.2) is 0 Å². The Bertz CT molecular complexity index is 1430. The van der Waals surface area contributed by atoms with Gasteiger partial charge in [0.2, 0.25) is 17.7 Å². The molecular formula is C36H44N6O4. The van der Waals surface area contributed by atoms with Gasteiger partial charge in [0.05, 0.1) is 12.1 Å². The summed E-state index contributed by atoms with van der Waals surface area (Å²) in [5, 5.41) is 12.0. The summed E-state index contributed by atoms with van der Waals surface area (Å²) in [6.07, 6.45) is 3.51. The van der Waals surface area contributed by atoms with Gasteiger partial charge in [-0.25, -0.2) is 4.79 Å². The van der Waals surface area contributed by atoms with Gasteiger partial charge in [0.25, 0.3) is 0 Å². The van der Waals surface area contributed by atoms with Crippen LogP contribution in [0.3, 0.4) is 0 Å². The molecule has 10 nitrogen and oxygen atoms in total. The third-order valence-corrected chi connectivity index (χ3v) is 9.28. The van der Waals surface area contributed by atoms with Crippen molar-refractivity contribution in [3.63, 3.8) is 0 Å². The van der Waals surface area contributed by atoms with Crippen molar-refractivity contribution in [1.82, 2.24) is 26.2 Å². The van der Waals surface area contributed by atoms with Crippen LogP contribution >= 0.6 is 0 Å². The van der Waals surface area contributed by atoms with E-state index >= 15 is 0 Å². The molecule has 5 rings (SSSR count). The molecule has 5 amide bonds. The van der Waals surface area contributed by atoms with Crippen LogP contribution in [0.4, 0.5) is 4.79 Å². The highest BCUT2D eigenvalue weighted by molar-refractivity contribution is 5.94. The van der Waals surface area contributed by atoms with Crippen LogP contribution in [0, 0.1) is 5.92 Å². The molecule has 3 aromatic rings. The van der Waals surface area contributed by atoms with Crippen LogP contribution in [0.5, 0.6) is 0 Å². The molecule has 2 aliphatic rings. The number of likely N-dealkylation sites (N-methyl/N-ethyl adjacent to an activating group) is 1. The summed E-state index contributed by atoms with van der Waals surface area (Å²) in [5.74, 6) is -1.01. The highest BCUT2D eigenvalue weighted by Crippen LogP contribution is 2.35. The molecule has 0 aliphatic carbocycles. The number of urea groups is 1. The number of nitrogens with zero attached hydrogens (tertiary/aromatic N) is 1. The second-order valence-corrected chi connectivity index (χ2v) is 12.2. The fraction of sp³-hybridized carbons (Fsp3) is 0.389. The molecule has 0 radical (unpaired) electrons. The van der Waals surface area contributed by atoms with Crippen molar-refractivity contribution in [3.05, 3.63) is 108 Å². The van der Waals surface area contributed by atoms with Crippen molar-refractivity contribution < 1.29 is 19.2 Å². The number of hydrogen-bond acceptors (Lipinski definition) is 5. The Morgan fingerprint density at radius 3 is 2.02 bits per heavy atom. The van der Waals surface area contributed by atoms with E-state index in [0.29, 0.717) is 38.5 Å². The fourth-order valence-corrected chi connectivity index (χ4v) is 6.88. The summed E-state index contributed by atoms with van der Waals surface area (Å²) in [6, 6.07) is 26.1. The fourth-order valence-electron chi connectivity index (χ4n) is 6.88. The highest BCUT2D eigenvalue weighted by atomic mass is 16.2. The minimum atomic E-state index is -0.855. The second-order valence-electron chi connectivity index (χ2n) is 12.2. The van der Waals surface area contributed by atoms with Crippen molar-refractivity contribution in [1.29, 1.82) is 0 Å². The van der Waals surface area contributed by atoms with Crippen molar-refractivity contribution in [2.45, 2.75) is 68.7 Å². The number of carbonyl (C=O) groups excluding carboxylic acids is 4. The first-order chi connectivity index (χ1) is 22.4. The molecular weight excluding hydrogens is 580 g/mol. The van der Waals surface area contributed by atoms with Crippen LogP contribution in [-0.4, -0.2) is 66.4 Å². The van der Waals surface area contributed by atoms with Crippen molar-refractivity contribution in [2.24, 2.45) is 11.7 Å². The molecule has 2 saturated heterocycles. The lowest BCUT2D eigenvalue weighted by molar-refractivity contribution is -0.143. The van der Waals surface area contributed by atoms with Gasteiger partial charge in [0.1, 0.15) is 12.1 Å². The summed E-state index contributed by atoms with van der Waals surface area (Å²) in [7, 11) is 1.73. The molecule has 5 atom stereocenters. The maximum Gasteiger partial charge on any atom is 0.312 e. The van der Waals surface area contributed by atoms with Crippen LogP contribution in [-0.2, 0) is 20.8 Å². The lowest BCUT2D eigenvalue weighted by Crippen LogP contribution is -2.58. The number of amides is 5. The number of hydrogen-bond donors (Lipinski definition) is 5. The largest absolute Gasteiger partial charge is 0.352 e. The van der Waals surface area contributed by atoms with Gasteiger partial charge in [-0.3, -0.25) is 14.4 Å². The zero-order valence-corrected chi connectivity index (χ0v) is 26.2. The first kappa shape index (κ1) is 32.7. The van der Waals surface area contributed by atoms with Crippen molar-refractivity contribution in [2.75, 3.05) is 13.6 Å². The van der Waals surface area contributed by atoms with Crippen LogP contribution < -0.4 is 27.0 Å². The van der Waals surface area contributed by atoms with E-state index in [1.165, 1.54) is 0 Å². The standard InChI is InChI=1S/C36H44N6O4/c1-38-29(23-24-11-5-2-6-12-24)33(43)41-32-27(21-22-39-36(37)46)17-18-28-19-20-30(42(28)35(32)45)34(44)40-31(25-13-7-3-8-14-25)26-15-9-4-10-16-26/h2-16,27-32,38H,17-23H2,1H3,(H,40,44)(H,41,43)(H3,37,39,46)/t27-,28+,29-,30+,32+/m1/s1. The molecule has 0 saturated carbocycles. The normalized spacial score (nSPS) is 21.6. The third-order valence-electron chi connectivity index (χ3n) is 9.28. The minimum Gasteiger partial charge on any atom is -0.352 e. The minimum absolute atomic E-state index is 0.118. The predicted octanol–water partition coefficient (Wildman–Crippen LogP) is 3.04. The van der Waals surface area contributed by atoms with E-state index in [4.69, 9.17) is 5.73 Å². The van der Waals surface area contributed by atoms with Gasteiger partial charge in [-0.05, 0) is 68.2 Å². The van der Waals surface area contributed by atoms with Crippen molar-refractivity contribution >= 4 is 23.8 Å². The molecule has 0 unspecified atom stereocenters. The van der Waals surface area contributed by atoms with E-state index in [9.17, 15) is 19.2 Å². The number of carbonyl (C=O) groups is 4. The van der Waals surface area contributed by atoms with Gasteiger partial charge in [-0.1, -0.05) is 91.0 Å². The van der Waals surface area contributed by atoms with Crippen molar-refractivity contribution in [3.8, 4) is 0 Å². The molecule has 2 aliphatic heterocycles. The average Bonchev–Trinajstić information content (AvgIpc) is 3.46. The van der Waals surface area contributed by atoms with E-state index in [1.807, 2.05) is 91.0 Å². The third kappa shape index (κ3) is 7.92.